The largest absolute Gasteiger partial charge is 0.499 e. The first-order chi connectivity index (χ1) is 16.4. The molecule has 0 bridgehead atoms. The van der Waals surface area contributed by atoms with Crippen LogP contribution in [0.5, 0.6) is 17.2 Å². The van der Waals surface area contributed by atoms with Crippen LogP contribution in [0.2, 0.25) is 0 Å². The maximum atomic E-state index is 12.1. The molecule has 5 heteroatoms. The molecule has 0 aliphatic heterocycles. The van der Waals surface area contributed by atoms with Gasteiger partial charge in [0.2, 0.25) is 5.75 Å². The van der Waals surface area contributed by atoms with Gasteiger partial charge in [-0.3, -0.25) is 0 Å². The average Bonchev–Trinajstić information content (AvgIpc) is 2.80. The highest BCUT2D eigenvalue weighted by molar-refractivity contribution is 5.86. The zero-order valence-corrected chi connectivity index (χ0v) is 21.5. The maximum Gasteiger partial charge on any atom is 0.382 e. The van der Waals surface area contributed by atoms with Crippen molar-refractivity contribution in [3.63, 3.8) is 0 Å². The summed E-state index contributed by atoms with van der Waals surface area (Å²) in [4.78, 5) is 12.1. The van der Waals surface area contributed by atoms with Crippen LogP contribution in [0.15, 0.2) is 50.7 Å². The van der Waals surface area contributed by atoms with Gasteiger partial charge >= 0.3 is 5.63 Å². The molecule has 188 valence electrons. The lowest BCUT2D eigenvalue weighted by Crippen LogP contribution is -2.04. The van der Waals surface area contributed by atoms with Crippen LogP contribution in [0.1, 0.15) is 91.9 Å². The number of hydrogen-bond acceptors (Lipinski definition) is 5. The second-order valence-electron chi connectivity index (χ2n) is 9.23. The molecule has 1 aromatic carbocycles. The molecule has 0 unspecified atom stereocenters. The Kier molecular flexibility index (Phi) is 12.4. The van der Waals surface area contributed by atoms with E-state index in [2.05, 4.69) is 33.8 Å². The molecule has 2 aromatic rings. The van der Waals surface area contributed by atoms with Gasteiger partial charge in [0.25, 0.3) is 0 Å². The first-order valence-electron chi connectivity index (χ1n) is 12.8. The molecule has 1 aromatic heterocycles. The lowest BCUT2D eigenvalue weighted by molar-refractivity contribution is 0.303. The highest BCUT2D eigenvalue weighted by atomic mass is 16.5. The van der Waals surface area contributed by atoms with E-state index in [-0.39, 0.29) is 12.4 Å². The molecule has 0 aliphatic carbocycles. The van der Waals surface area contributed by atoms with E-state index >= 15 is 0 Å². The lowest BCUT2D eigenvalue weighted by atomic mass is 10.1. The van der Waals surface area contributed by atoms with Crippen molar-refractivity contribution in [2.75, 3.05) is 13.2 Å². The Morgan fingerprint density at radius 1 is 0.971 bits per heavy atom. The molecule has 0 saturated carbocycles. The first kappa shape index (κ1) is 27.6. The number of unbranched alkanes of at least 4 members (excludes halogenated alkanes) is 7. The van der Waals surface area contributed by atoms with Gasteiger partial charge in [0.15, 0.2) is 5.75 Å². The number of allylic oxidation sites excluding steroid dienone is 3. The van der Waals surface area contributed by atoms with Gasteiger partial charge in [-0.25, -0.2) is 4.79 Å². The fourth-order valence-corrected chi connectivity index (χ4v) is 3.76. The summed E-state index contributed by atoms with van der Waals surface area (Å²) in [5, 5.41) is 10.8. The second-order valence-corrected chi connectivity index (χ2v) is 9.23. The van der Waals surface area contributed by atoms with Gasteiger partial charge in [-0.2, -0.15) is 0 Å². The molecule has 1 N–H and O–H groups in total. The van der Waals surface area contributed by atoms with Gasteiger partial charge < -0.3 is 19.0 Å². The number of fused-ring (bicyclic) bond motifs is 1. The van der Waals surface area contributed by atoms with Crippen molar-refractivity contribution in [1.29, 1.82) is 0 Å². The number of ether oxygens (including phenoxy) is 2. The van der Waals surface area contributed by atoms with Crippen LogP contribution < -0.4 is 15.1 Å². The Morgan fingerprint density at radius 2 is 1.68 bits per heavy atom. The molecule has 0 atom stereocenters. The molecular weight excluding hydrogens is 428 g/mol. The summed E-state index contributed by atoms with van der Waals surface area (Å²) in [6, 6.07) is 5.27. The van der Waals surface area contributed by atoms with Crippen LogP contribution >= 0.6 is 0 Å². The van der Waals surface area contributed by atoms with Crippen molar-refractivity contribution in [3.8, 4) is 17.2 Å². The second kappa shape index (κ2) is 15.3. The fraction of sp³-hybridized carbons (Fsp3) is 0.552. The fourth-order valence-electron chi connectivity index (χ4n) is 3.76. The third kappa shape index (κ3) is 9.66. The van der Waals surface area contributed by atoms with E-state index in [0.717, 1.165) is 25.7 Å². The molecule has 0 amide bonds. The zero-order valence-electron chi connectivity index (χ0n) is 21.5. The van der Waals surface area contributed by atoms with E-state index < -0.39 is 11.4 Å². The van der Waals surface area contributed by atoms with E-state index in [1.54, 1.807) is 12.1 Å². The normalized spacial score (nSPS) is 11.6. The average molecular weight is 471 g/mol. The Hall–Kier alpha value is -2.69. The van der Waals surface area contributed by atoms with Gasteiger partial charge in [0, 0.05) is 6.07 Å². The Bertz CT molecular complexity index is 995. The van der Waals surface area contributed by atoms with Crippen molar-refractivity contribution in [2.45, 2.75) is 91.9 Å². The quantitative estimate of drug-likeness (QED) is 0.152. The topological polar surface area (TPSA) is 68.9 Å². The van der Waals surface area contributed by atoms with Crippen LogP contribution in [0.25, 0.3) is 11.0 Å². The maximum absolute atomic E-state index is 12.1. The molecule has 5 nitrogen and oxygen atoms in total. The van der Waals surface area contributed by atoms with Crippen LogP contribution in [-0.4, -0.2) is 18.3 Å². The minimum absolute atomic E-state index is 0.147. The molecule has 2 rings (SSSR count). The Morgan fingerprint density at radius 3 is 2.38 bits per heavy atom. The molecule has 0 saturated heterocycles. The van der Waals surface area contributed by atoms with Crippen molar-refractivity contribution in [3.05, 3.63) is 51.9 Å². The number of hydrogen-bond donors (Lipinski definition) is 1. The van der Waals surface area contributed by atoms with E-state index in [1.807, 2.05) is 12.1 Å². The molecule has 34 heavy (non-hydrogen) atoms. The van der Waals surface area contributed by atoms with Gasteiger partial charge in [0.05, 0.1) is 12.0 Å². The van der Waals surface area contributed by atoms with E-state index in [0.29, 0.717) is 23.3 Å². The van der Waals surface area contributed by atoms with Gasteiger partial charge in [-0.05, 0) is 58.2 Å². The highest BCUT2D eigenvalue weighted by Gasteiger charge is 2.15. The molecule has 0 fully saturated rings. The van der Waals surface area contributed by atoms with Crippen molar-refractivity contribution < 1.29 is 19.0 Å². The summed E-state index contributed by atoms with van der Waals surface area (Å²) < 4.78 is 16.9. The molecule has 1 heterocycles. The summed E-state index contributed by atoms with van der Waals surface area (Å²) in [6.45, 7) is 9.36. The molecule has 0 spiro atoms. The Balaban J connectivity index is 1.91. The summed E-state index contributed by atoms with van der Waals surface area (Å²) in [6.07, 6.45) is 16.0. The Labute approximate surface area is 204 Å². The molecular formula is C29H42O5. The monoisotopic (exact) mass is 470 g/mol. The predicted octanol–water partition coefficient (Wildman–Crippen LogP) is 8.09. The van der Waals surface area contributed by atoms with Crippen LogP contribution in [-0.2, 0) is 0 Å². The lowest BCUT2D eigenvalue weighted by Gasteiger charge is -2.11. The standard InChI is InChI=1S/C29H42O5/c1-5-6-7-8-9-10-11-12-19-32-24-16-17-25-26(21-24)34-29(31)27(30)28(25)33-20-18-23(4)15-13-14-22(2)3/h14,16-18,21,30H,5-13,15,19-20H2,1-4H3. The highest BCUT2D eigenvalue weighted by Crippen LogP contribution is 2.34. The summed E-state index contributed by atoms with van der Waals surface area (Å²) in [5.41, 5.74) is 2.03. The number of aromatic hydroxyl groups is 1. The minimum Gasteiger partial charge on any atom is -0.499 e. The zero-order chi connectivity index (χ0) is 24.8. The van der Waals surface area contributed by atoms with E-state index in [1.165, 1.54) is 49.7 Å². The number of benzene rings is 1. The van der Waals surface area contributed by atoms with Crippen molar-refractivity contribution in [1.82, 2.24) is 0 Å². The summed E-state index contributed by atoms with van der Waals surface area (Å²) >= 11 is 0. The van der Waals surface area contributed by atoms with Crippen molar-refractivity contribution >= 4 is 11.0 Å². The van der Waals surface area contributed by atoms with Crippen LogP contribution in [0.3, 0.4) is 0 Å². The summed E-state index contributed by atoms with van der Waals surface area (Å²) in [5.74, 6) is 0.287. The third-order valence-corrected chi connectivity index (χ3v) is 5.83. The summed E-state index contributed by atoms with van der Waals surface area (Å²) in [7, 11) is 0. The van der Waals surface area contributed by atoms with Gasteiger partial charge in [0.1, 0.15) is 17.9 Å². The SMILES string of the molecule is CCCCCCCCCCOc1ccc2c(OCC=C(C)CCC=C(C)C)c(O)c(=O)oc2c1. The predicted molar refractivity (Wildman–Crippen MR) is 140 cm³/mol. The van der Waals surface area contributed by atoms with Crippen LogP contribution in [0.4, 0.5) is 0 Å². The van der Waals surface area contributed by atoms with Crippen molar-refractivity contribution in [2.24, 2.45) is 0 Å². The van der Waals surface area contributed by atoms with Gasteiger partial charge in [-0.1, -0.05) is 69.1 Å². The van der Waals surface area contributed by atoms with Crippen LogP contribution in [0, 0.1) is 0 Å². The van der Waals surface area contributed by atoms with E-state index in [4.69, 9.17) is 13.9 Å². The first-order valence-corrected chi connectivity index (χ1v) is 12.8. The molecule has 0 radical (unpaired) electrons. The molecule has 0 aliphatic rings. The number of rotatable bonds is 16. The smallest absolute Gasteiger partial charge is 0.382 e. The van der Waals surface area contributed by atoms with Gasteiger partial charge in [-0.15, -0.1) is 0 Å². The minimum atomic E-state index is -0.813. The third-order valence-electron chi connectivity index (χ3n) is 5.83. The van der Waals surface area contributed by atoms with E-state index in [9.17, 15) is 9.90 Å².